The van der Waals surface area contributed by atoms with E-state index in [-0.39, 0.29) is 23.3 Å². The molecule has 134 valence electrons. The fraction of sp³-hybridized carbons (Fsp3) is 0.353. The van der Waals surface area contributed by atoms with Gasteiger partial charge in [0.15, 0.2) is 0 Å². The lowest BCUT2D eigenvalue weighted by molar-refractivity contribution is -0.146. The molecular formula is C17H19N7O2. The highest BCUT2D eigenvalue weighted by atomic mass is 16.5. The number of nitrogens with zero attached hydrogens (tertiary/aromatic N) is 5. The molecule has 0 bridgehead atoms. The smallest absolute Gasteiger partial charge is 0.308 e. The van der Waals surface area contributed by atoms with Crippen molar-refractivity contribution < 1.29 is 9.53 Å². The maximum Gasteiger partial charge on any atom is 0.308 e. The van der Waals surface area contributed by atoms with Gasteiger partial charge < -0.3 is 15.0 Å². The predicted octanol–water partition coefficient (Wildman–Crippen LogP) is 1.57. The van der Waals surface area contributed by atoms with Crippen molar-refractivity contribution in [2.45, 2.75) is 12.8 Å². The van der Waals surface area contributed by atoms with Gasteiger partial charge in [-0.05, 0) is 42.3 Å². The van der Waals surface area contributed by atoms with Crippen LogP contribution in [0, 0.1) is 17.2 Å². The molecule has 2 aromatic rings. The number of benzene rings is 1. The Morgan fingerprint density at radius 1 is 1.38 bits per heavy atom. The second kappa shape index (κ2) is 8.11. The van der Waals surface area contributed by atoms with E-state index in [4.69, 9.17) is 10.00 Å². The van der Waals surface area contributed by atoms with Gasteiger partial charge in [0.1, 0.15) is 11.6 Å². The number of anilines is 2. The van der Waals surface area contributed by atoms with Crippen molar-refractivity contribution in [2.75, 3.05) is 30.4 Å². The van der Waals surface area contributed by atoms with E-state index in [0.29, 0.717) is 0 Å². The van der Waals surface area contributed by atoms with E-state index in [9.17, 15) is 4.79 Å². The molecule has 0 amide bonds. The van der Waals surface area contributed by atoms with E-state index in [1.165, 1.54) is 7.11 Å². The first-order chi connectivity index (χ1) is 12.7. The number of ether oxygens (including phenoxy) is 1. The van der Waals surface area contributed by atoms with Gasteiger partial charge >= 0.3 is 5.97 Å². The molecular weight excluding hydrogens is 334 g/mol. The maximum absolute atomic E-state index is 11.6. The molecule has 9 heteroatoms. The number of aromatic nitrogens is 4. The Morgan fingerprint density at radius 2 is 2.12 bits per heavy atom. The van der Waals surface area contributed by atoms with Crippen molar-refractivity contribution in [3.63, 3.8) is 0 Å². The van der Waals surface area contributed by atoms with E-state index in [2.05, 4.69) is 30.8 Å². The zero-order valence-electron chi connectivity index (χ0n) is 14.3. The van der Waals surface area contributed by atoms with Crippen molar-refractivity contribution in [1.29, 1.82) is 5.26 Å². The molecule has 2 N–H and O–H groups in total. The fourth-order valence-corrected chi connectivity index (χ4v) is 2.89. The Bertz CT molecular complexity index is 801. The Morgan fingerprint density at radius 3 is 2.69 bits per heavy atom. The van der Waals surface area contributed by atoms with Gasteiger partial charge in [-0.2, -0.15) is 10.5 Å². The summed E-state index contributed by atoms with van der Waals surface area (Å²) in [6.07, 6.45) is 3.14. The Labute approximate surface area is 150 Å². The van der Waals surface area contributed by atoms with Crippen LogP contribution in [0.3, 0.4) is 0 Å². The monoisotopic (exact) mass is 353 g/mol. The molecule has 0 saturated carbocycles. The molecule has 1 aliphatic rings. The van der Waals surface area contributed by atoms with Gasteiger partial charge in [-0.1, -0.05) is 0 Å². The summed E-state index contributed by atoms with van der Waals surface area (Å²) in [7, 11) is 1.44. The van der Waals surface area contributed by atoms with Crippen LogP contribution in [0.4, 0.5) is 11.4 Å². The summed E-state index contributed by atoms with van der Waals surface area (Å²) >= 11 is 0. The van der Waals surface area contributed by atoms with Crippen molar-refractivity contribution in [1.82, 2.24) is 20.6 Å². The summed E-state index contributed by atoms with van der Waals surface area (Å²) < 4.78 is 4.82. The third kappa shape index (κ3) is 3.97. The topological polar surface area (TPSA) is 120 Å². The van der Waals surface area contributed by atoms with Crippen molar-refractivity contribution >= 4 is 22.9 Å². The zero-order chi connectivity index (χ0) is 18.4. The number of hydrogen-bond donors (Lipinski definition) is 2. The standard InChI is InChI=1S/C17H19N7O2/c1-26-17(25)12-6-8-24(9-7-12)15-4-2-14(3-5-15)19-11-13(10-18)16-20-22-23-21-16/h2-5,11-12,19H,6-9H2,1H3,(H,20,21,22,23). The molecule has 1 fully saturated rings. The predicted molar refractivity (Wildman–Crippen MR) is 94.8 cm³/mol. The first kappa shape index (κ1) is 17.4. The Balaban J connectivity index is 1.59. The van der Waals surface area contributed by atoms with Crippen LogP contribution in [0.15, 0.2) is 30.5 Å². The van der Waals surface area contributed by atoms with E-state index < -0.39 is 0 Å². The van der Waals surface area contributed by atoms with Crippen LogP contribution >= 0.6 is 0 Å². The second-order valence-electron chi connectivity index (χ2n) is 5.88. The molecule has 1 aromatic heterocycles. The first-order valence-corrected chi connectivity index (χ1v) is 8.24. The molecule has 1 aliphatic heterocycles. The van der Waals surface area contributed by atoms with Crippen molar-refractivity contribution in [3.05, 3.63) is 36.3 Å². The largest absolute Gasteiger partial charge is 0.469 e. The minimum atomic E-state index is -0.120. The number of methoxy groups -OCH3 is 1. The molecule has 0 spiro atoms. The summed E-state index contributed by atoms with van der Waals surface area (Å²) in [5.74, 6) is 0.118. The Hall–Kier alpha value is -3.41. The average molecular weight is 353 g/mol. The number of aromatic amines is 1. The third-order valence-electron chi connectivity index (χ3n) is 4.35. The van der Waals surface area contributed by atoms with Crippen LogP contribution in [-0.2, 0) is 9.53 Å². The zero-order valence-corrected chi connectivity index (χ0v) is 14.3. The molecule has 9 nitrogen and oxygen atoms in total. The number of nitriles is 1. The normalized spacial score (nSPS) is 15.4. The second-order valence-corrected chi connectivity index (χ2v) is 5.88. The number of rotatable bonds is 5. The van der Waals surface area contributed by atoms with Gasteiger partial charge in [0.05, 0.1) is 13.0 Å². The number of carbonyl (C=O) groups excluding carboxylic acids is 1. The number of carbonyl (C=O) groups is 1. The molecule has 0 atom stereocenters. The highest BCUT2D eigenvalue weighted by molar-refractivity contribution is 5.74. The number of hydrogen-bond acceptors (Lipinski definition) is 8. The number of nitrogens with one attached hydrogen (secondary N) is 2. The van der Waals surface area contributed by atoms with Gasteiger partial charge in [0.2, 0.25) is 5.82 Å². The first-order valence-electron chi connectivity index (χ1n) is 8.24. The minimum absolute atomic E-state index is 0.00290. The number of piperidine rings is 1. The quantitative estimate of drug-likeness (QED) is 0.614. The summed E-state index contributed by atoms with van der Waals surface area (Å²) in [6, 6.07) is 9.91. The van der Waals surface area contributed by atoms with Crippen molar-refractivity contribution in [3.8, 4) is 6.07 Å². The fourth-order valence-electron chi connectivity index (χ4n) is 2.89. The maximum atomic E-state index is 11.6. The third-order valence-corrected chi connectivity index (χ3v) is 4.35. The van der Waals surface area contributed by atoms with E-state index in [1.807, 2.05) is 30.3 Å². The van der Waals surface area contributed by atoms with Gasteiger partial charge in [-0.25, -0.2) is 0 Å². The SMILES string of the molecule is COC(=O)C1CCN(c2ccc(NC=C(C#N)c3nn[nH]n3)cc2)CC1. The van der Waals surface area contributed by atoms with Crippen LogP contribution < -0.4 is 10.2 Å². The van der Waals surface area contributed by atoms with Crippen LogP contribution in [0.1, 0.15) is 18.7 Å². The Kier molecular flexibility index (Phi) is 5.43. The minimum Gasteiger partial charge on any atom is -0.469 e. The lowest BCUT2D eigenvalue weighted by Crippen LogP contribution is -2.36. The van der Waals surface area contributed by atoms with Gasteiger partial charge in [-0.15, -0.1) is 10.2 Å². The molecule has 1 saturated heterocycles. The summed E-state index contributed by atoms with van der Waals surface area (Å²) in [5.41, 5.74) is 2.23. The summed E-state index contributed by atoms with van der Waals surface area (Å²) in [4.78, 5) is 13.8. The van der Waals surface area contributed by atoms with Crippen LogP contribution in [0.5, 0.6) is 0 Å². The number of allylic oxidation sites excluding steroid dienone is 1. The van der Waals surface area contributed by atoms with Gasteiger partial charge in [0, 0.05) is 30.7 Å². The van der Waals surface area contributed by atoms with Gasteiger partial charge in [-0.3, -0.25) is 4.79 Å². The van der Waals surface area contributed by atoms with E-state index >= 15 is 0 Å². The van der Waals surface area contributed by atoms with Crippen molar-refractivity contribution in [2.24, 2.45) is 5.92 Å². The highest BCUT2D eigenvalue weighted by Crippen LogP contribution is 2.25. The molecule has 3 rings (SSSR count). The lowest BCUT2D eigenvalue weighted by Gasteiger charge is -2.32. The summed E-state index contributed by atoms with van der Waals surface area (Å²) in [5, 5.41) is 25.5. The lowest BCUT2D eigenvalue weighted by atomic mass is 9.96. The van der Waals surface area contributed by atoms with Crippen LogP contribution in [0.25, 0.3) is 5.57 Å². The van der Waals surface area contributed by atoms with Crippen LogP contribution in [0.2, 0.25) is 0 Å². The number of tetrazole rings is 1. The molecule has 0 radical (unpaired) electrons. The molecule has 26 heavy (non-hydrogen) atoms. The molecule has 2 heterocycles. The number of H-pyrrole nitrogens is 1. The highest BCUT2D eigenvalue weighted by Gasteiger charge is 2.25. The molecule has 0 aliphatic carbocycles. The van der Waals surface area contributed by atoms with E-state index in [0.717, 1.165) is 37.3 Å². The van der Waals surface area contributed by atoms with E-state index in [1.54, 1.807) is 6.20 Å². The summed E-state index contributed by atoms with van der Waals surface area (Å²) in [6.45, 7) is 1.64. The van der Waals surface area contributed by atoms with Crippen LogP contribution in [-0.4, -0.2) is 46.8 Å². The molecule has 1 aromatic carbocycles. The van der Waals surface area contributed by atoms with Gasteiger partial charge in [0.25, 0.3) is 0 Å². The number of esters is 1. The molecule has 0 unspecified atom stereocenters. The average Bonchev–Trinajstić information content (AvgIpc) is 3.23.